The smallest absolute Gasteiger partial charge is 0.302 e. The van der Waals surface area contributed by atoms with Crippen LogP contribution in [0.2, 0.25) is 0 Å². The summed E-state index contributed by atoms with van der Waals surface area (Å²) in [6, 6.07) is 0. The Morgan fingerprint density at radius 1 is 0.889 bits per heavy atom. The molecule has 0 fully saturated rings. The molecule has 0 aromatic rings. The highest BCUT2D eigenvalue weighted by Crippen LogP contribution is 2.03. The van der Waals surface area contributed by atoms with Crippen molar-refractivity contribution in [3.63, 3.8) is 0 Å². The fraction of sp³-hybridized carbons (Fsp3) is 0.688. The maximum atomic E-state index is 10.5. The molecule has 0 amide bonds. The van der Waals surface area contributed by atoms with Crippen LogP contribution in [0.5, 0.6) is 0 Å². The topological polar surface area (TPSA) is 26.3 Å². The Balaban J connectivity index is 3.16. The second-order valence-electron chi connectivity index (χ2n) is 4.50. The van der Waals surface area contributed by atoms with Gasteiger partial charge in [0.15, 0.2) is 0 Å². The van der Waals surface area contributed by atoms with Crippen molar-refractivity contribution in [2.24, 2.45) is 0 Å². The largest absolute Gasteiger partial charge is 0.466 e. The van der Waals surface area contributed by atoms with Crippen LogP contribution in [0.1, 0.15) is 65.2 Å². The Bertz CT molecular complexity index is 241. The van der Waals surface area contributed by atoms with Crippen molar-refractivity contribution in [1.82, 2.24) is 0 Å². The maximum absolute atomic E-state index is 10.5. The van der Waals surface area contributed by atoms with Gasteiger partial charge in [-0.15, -0.1) is 0 Å². The van der Waals surface area contributed by atoms with E-state index in [0.29, 0.717) is 6.61 Å². The quantitative estimate of drug-likeness (QED) is 0.300. The number of allylic oxidation sites excluding steroid dienone is 4. The Morgan fingerprint density at radius 2 is 1.39 bits per heavy atom. The molecule has 0 spiro atoms. The molecule has 18 heavy (non-hydrogen) atoms. The van der Waals surface area contributed by atoms with Gasteiger partial charge in [0.1, 0.15) is 0 Å². The molecule has 0 atom stereocenters. The monoisotopic (exact) mass is 252 g/mol. The van der Waals surface area contributed by atoms with Crippen LogP contribution in [0.4, 0.5) is 0 Å². The lowest BCUT2D eigenvalue weighted by Gasteiger charge is -1.98. The van der Waals surface area contributed by atoms with Gasteiger partial charge in [-0.25, -0.2) is 0 Å². The van der Waals surface area contributed by atoms with E-state index in [1.165, 1.54) is 39.0 Å². The van der Waals surface area contributed by atoms with E-state index in [4.69, 9.17) is 4.74 Å². The molecule has 0 bridgehead atoms. The summed E-state index contributed by atoms with van der Waals surface area (Å²) >= 11 is 0. The summed E-state index contributed by atoms with van der Waals surface area (Å²) in [6.45, 7) is 4.20. The van der Waals surface area contributed by atoms with Gasteiger partial charge in [-0.3, -0.25) is 4.79 Å². The van der Waals surface area contributed by atoms with E-state index >= 15 is 0 Å². The van der Waals surface area contributed by atoms with Crippen molar-refractivity contribution < 1.29 is 9.53 Å². The molecule has 0 saturated carbocycles. The van der Waals surface area contributed by atoms with E-state index in [2.05, 4.69) is 31.2 Å². The standard InChI is InChI=1S/C16H28O2/c1-3-4-5-6-7-8-9-10-11-12-13-14-15-18-16(2)17/h5-6,11-12H,3-4,7-10,13-15H2,1-2H3/b6-5-,12-11-. The van der Waals surface area contributed by atoms with Gasteiger partial charge in [0.05, 0.1) is 6.61 Å². The molecule has 0 aromatic heterocycles. The van der Waals surface area contributed by atoms with Crippen LogP contribution < -0.4 is 0 Å². The van der Waals surface area contributed by atoms with E-state index in [9.17, 15) is 4.79 Å². The van der Waals surface area contributed by atoms with Crippen LogP contribution in [0.25, 0.3) is 0 Å². The lowest BCUT2D eigenvalue weighted by Crippen LogP contribution is -1.99. The molecule has 2 nitrogen and oxygen atoms in total. The van der Waals surface area contributed by atoms with Gasteiger partial charge >= 0.3 is 5.97 Å². The van der Waals surface area contributed by atoms with Crippen LogP contribution >= 0.6 is 0 Å². The third-order valence-electron chi connectivity index (χ3n) is 2.60. The molecule has 0 aliphatic carbocycles. The molecule has 0 radical (unpaired) electrons. The first-order valence-electron chi connectivity index (χ1n) is 7.20. The summed E-state index contributed by atoms with van der Waals surface area (Å²) in [5.74, 6) is -0.185. The molecule has 0 N–H and O–H groups in total. The first-order valence-corrected chi connectivity index (χ1v) is 7.20. The van der Waals surface area contributed by atoms with Crippen molar-refractivity contribution in [1.29, 1.82) is 0 Å². The summed E-state index contributed by atoms with van der Waals surface area (Å²) in [5.41, 5.74) is 0. The normalized spacial score (nSPS) is 11.4. The first-order chi connectivity index (χ1) is 8.77. The van der Waals surface area contributed by atoms with Gasteiger partial charge in [-0.1, -0.05) is 37.6 Å². The zero-order valence-corrected chi connectivity index (χ0v) is 12.0. The highest BCUT2D eigenvalue weighted by molar-refractivity contribution is 5.65. The Labute approximate surface area is 112 Å². The maximum Gasteiger partial charge on any atom is 0.302 e. The zero-order chi connectivity index (χ0) is 13.5. The summed E-state index contributed by atoms with van der Waals surface area (Å²) in [6.07, 6.45) is 18.3. The van der Waals surface area contributed by atoms with Crippen molar-refractivity contribution in [2.45, 2.75) is 65.2 Å². The Morgan fingerprint density at radius 3 is 1.89 bits per heavy atom. The number of hydrogen-bond acceptors (Lipinski definition) is 2. The highest BCUT2D eigenvalue weighted by atomic mass is 16.5. The molecule has 0 heterocycles. The second kappa shape index (κ2) is 14.0. The van der Waals surface area contributed by atoms with E-state index in [-0.39, 0.29) is 5.97 Å². The van der Waals surface area contributed by atoms with Crippen LogP contribution in [0, 0.1) is 0 Å². The molecular weight excluding hydrogens is 224 g/mol. The van der Waals surface area contributed by atoms with Crippen LogP contribution in [-0.2, 0) is 9.53 Å². The summed E-state index contributed by atoms with van der Waals surface area (Å²) in [5, 5.41) is 0. The van der Waals surface area contributed by atoms with Crippen LogP contribution in [0.3, 0.4) is 0 Å². The van der Waals surface area contributed by atoms with Crippen molar-refractivity contribution >= 4 is 5.97 Å². The predicted molar refractivity (Wildman–Crippen MR) is 77.5 cm³/mol. The molecule has 0 unspecified atom stereocenters. The number of esters is 1. The van der Waals surface area contributed by atoms with Crippen LogP contribution in [-0.4, -0.2) is 12.6 Å². The first kappa shape index (κ1) is 16.9. The summed E-state index contributed by atoms with van der Waals surface area (Å²) < 4.78 is 4.85. The molecule has 0 saturated heterocycles. The third-order valence-corrected chi connectivity index (χ3v) is 2.60. The second-order valence-corrected chi connectivity index (χ2v) is 4.50. The fourth-order valence-corrected chi connectivity index (χ4v) is 1.58. The fourth-order valence-electron chi connectivity index (χ4n) is 1.58. The molecule has 2 heteroatoms. The van der Waals surface area contributed by atoms with Gasteiger partial charge in [-0.05, 0) is 44.9 Å². The third kappa shape index (κ3) is 14.9. The van der Waals surface area contributed by atoms with Gasteiger partial charge < -0.3 is 4.74 Å². The molecule has 0 aromatic carbocycles. The van der Waals surface area contributed by atoms with E-state index in [1.807, 2.05) is 0 Å². The average molecular weight is 252 g/mol. The van der Waals surface area contributed by atoms with Crippen molar-refractivity contribution in [3.8, 4) is 0 Å². The Hall–Kier alpha value is -1.05. The SMILES string of the molecule is CCC/C=C\CCCC/C=C\CCCOC(C)=O. The van der Waals surface area contributed by atoms with E-state index < -0.39 is 0 Å². The van der Waals surface area contributed by atoms with Crippen molar-refractivity contribution in [3.05, 3.63) is 24.3 Å². The molecular formula is C16H28O2. The molecule has 104 valence electrons. The summed E-state index contributed by atoms with van der Waals surface area (Å²) in [7, 11) is 0. The van der Waals surface area contributed by atoms with Gasteiger partial charge in [0, 0.05) is 6.92 Å². The average Bonchev–Trinajstić information content (AvgIpc) is 2.34. The number of rotatable bonds is 11. The number of unbranched alkanes of at least 4 members (excludes halogenated alkanes) is 5. The molecule has 0 aliphatic rings. The minimum absolute atomic E-state index is 0.185. The number of carbonyl (C=O) groups excluding carboxylic acids is 1. The van der Waals surface area contributed by atoms with Gasteiger partial charge in [0.2, 0.25) is 0 Å². The van der Waals surface area contributed by atoms with Crippen LogP contribution in [0.15, 0.2) is 24.3 Å². The van der Waals surface area contributed by atoms with Crippen molar-refractivity contribution in [2.75, 3.05) is 6.61 Å². The van der Waals surface area contributed by atoms with E-state index in [1.54, 1.807) is 0 Å². The molecule has 0 aliphatic heterocycles. The lowest BCUT2D eigenvalue weighted by atomic mass is 10.1. The lowest BCUT2D eigenvalue weighted by molar-refractivity contribution is -0.141. The van der Waals surface area contributed by atoms with Gasteiger partial charge in [-0.2, -0.15) is 0 Å². The number of hydrogen-bond donors (Lipinski definition) is 0. The molecule has 0 rings (SSSR count). The predicted octanol–water partition coefficient (Wildman–Crippen LogP) is 4.80. The van der Waals surface area contributed by atoms with Gasteiger partial charge in [0.25, 0.3) is 0 Å². The minimum Gasteiger partial charge on any atom is -0.466 e. The number of carbonyl (C=O) groups is 1. The summed E-state index contributed by atoms with van der Waals surface area (Å²) in [4.78, 5) is 10.5. The number of ether oxygens (including phenoxy) is 1. The highest BCUT2D eigenvalue weighted by Gasteiger charge is 1.90. The van der Waals surface area contributed by atoms with E-state index in [0.717, 1.165) is 19.3 Å². The Kier molecular flexibility index (Phi) is 13.2. The zero-order valence-electron chi connectivity index (χ0n) is 12.0. The minimum atomic E-state index is -0.185.